The maximum absolute atomic E-state index is 12.8. The van der Waals surface area contributed by atoms with E-state index in [1.165, 1.54) is 4.88 Å². The van der Waals surface area contributed by atoms with Gasteiger partial charge in [-0.15, -0.1) is 11.3 Å². The molecule has 1 aromatic heterocycles. The highest BCUT2D eigenvalue weighted by Gasteiger charge is 2.27. The number of piperidine rings is 1. The lowest BCUT2D eigenvalue weighted by molar-refractivity contribution is 0.0701. The molecule has 0 atom stereocenters. The molecule has 2 aliphatic rings. The van der Waals surface area contributed by atoms with Crippen molar-refractivity contribution in [3.63, 3.8) is 0 Å². The standard InChI is InChI=1S/C21H23ClN2O2S/c1-14-6-9-23(10-7-14)21(26)19-12-16-13-24(11-8-18(16)27-19)20(25)15-2-4-17(22)5-3-15/h2-5,12,14H,6-11,13H2,1H3. The van der Waals surface area contributed by atoms with Crippen LogP contribution >= 0.6 is 22.9 Å². The summed E-state index contributed by atoms with van der Waals surface area (Å²) in [5, 5.41) is 0.626. The van der Waals surface area contributed by atoms with Gasteiger partial charge in [0.1, 0.15) is 0 Å². The number of amides is 2. The van der Waals surface area contributed by atoms with E-state index in [1.807, 2.05) is 15.9 Å². The normalized spacial score (nSPS) is 17.7. The summed E-state index contributed by atoms with van der Waals surface area (Å²) in [7, 11) is 0. The van der Waals surface area contributed by atoms with Gasteiger partial charge in [0.05, 0.1) is 4.88 Å². The van der Waals surface area contributed by atoms with E-state index in [9.17, 15) is 9.59 Å². The van der Waals surface area contributed by atoms with Crippen LogP contribution < -0.4 is 0 Å². The fourth-order valence-electron chi connectivity index (χ4n) is 3.75. The van der Waals surface area contributed by atoms with Gasteiger partial charge < -0.3 is 9.80 Å². The summed E-state index contributed by atoms with van der Waals surface area (Å²) in [4.78, 5) is 31.5. The zero-order chi connectivity index (χ0) is 19.0. The maximum atomic E-state index is 12.8. The Bertz CT molecular complexity index is 854. The van der Waals surface area contributed by atoms with Crippen LogP contribution in [0.2, 0.25) is 5.02 Å². The molecule has 142 valence electrons. The van der Waals surface area contributed by atoms with Crippen molar-refractivity contribution in [2.45, 2.75) is 32.7 Å². The molecular weight excluding hydrogens is 380 g/mol. The van der Waals surface area contributed by atoms with Crippen molar-refractivity contribution in [2.75, 3.05) is 19.6 Å². The first-order chi connectivity index (χ1) is 13.0. The van der Waals surface area contributed by atoms with E-state index < -0.39 is 0 Å². The number of likely N-dealkylation sites (tertiary alicyclic amines) is 1. The van der Waals surface area contributed by atoms with E-state index in [0.29, 0.717) is 29.6 Å². The fraction of sp³-hybridized carbons (Fsp3) is 0.429. The number of fused-ring (bicyclic) bond motifs is 1. The molecule has 2 aromatic rings. The van der Waals surface area contributed by atoms with E-state index in [2.05, 4.69) is 6.92 Å². The first-order valence-electron chi connectivity index (χ1n) is 9.47. The van der Waals surface area contributed by atoms with E-state index in [0.717, 1.165) is 42.8 Å². The van der Waals surface area contributed by atoms with Gasteiger partial charge in [0.15, 0.2) is 0 Å². The number of hydrogen-bond acceptors (Lipinski definition) is 3. The molecule has 1 saturated heterocycles. The van der Waals surface area contributed by atoms with Crippen LogP contribution in [-0.4, -0.2) is 41.2 Å². The summed E-state index contributed by atoms with van der Waals surface area (Å²) in [6.07, 6.45) is 2.98. The number of halogens is 1. The largest absolute Gasteiger partial charge is 0.338 e. The van der Waals surface area contributed by atoms with Gasteiger partial charge in [-0.3, -0.25) is 9.59 Å². The van der Waals surface area contributed by atoms with E-state index in [1.54, 1.807) is 35.6 Å². The summed E-state index contributed by atoms with van der Waals surface area (Å²) in [6, 6.07) is 9.01. The lowest BCUT2D eigenvalue weighted by atomic mass is 9.99. The van der Waals surface area contributed by atoms with Crippen LogP contribution in [0.1, 0.15) is 50.2 Å². The quantitative estimate of drug-likeness (QED) is 0.743. The summed E-state index contributed by atoms with van der Waals surface area (Å²) in [5.74, 6) is 0.872. The van der Waals surface area contributed by atoms with Gasteiger partial charge in [0.25, 0.3) is 11.8 Å². The van der Waals surface area contributed by atoms with Crippen molar-refractivity contribution >= 4 is 34.8 Å². The van der Waals surface area contributed by atoms with Crippen LogP contribution in [0, 0.1) is 5.92 Å². The molecule has 0 N–H and O–H groups in total. The van der Waals surface area contributed by atoms with Gasteiger partial charge in [0.2, 0.25) is 0 Å². The molecule has 0 saturated carbocycles. The molecule has 0 unspecified atom stereocenters. The first kappa shape index (κ1) is 18.5. The molecule has 4 rings (SSSR count). The fourth-order valence-corrected chi connectivity index (χ4v) is 5.01. The summed E-state index contributed by atoms with van der Waals surface area (Å²) in [6.45, 7) is 5.20. The monoisotopic (exact) mass is 402 g/mol. The molecule has 0 bridgehead atoms. The van der Waals surface area contributed by atoms with Crippen LogP contribution in [0.25, 0.3) is 0 Å². The van der Waals surface area contributed by atoms with Crippen molar-refractivity contribution in [3.8, 4) is 0 Å². The second-order valence-electron chi connectivity index (χ2n) is 7.52. The second-order valence-corrected chi connectivity index (χ2v) is 9.09. The minimum Gasteiger partial charge on any atom is -0.338 e. The molecule has 1 aromatic carbocycles. The van der Waals surface area contributed by atoms with Gasteiger partial charge in [-0.2, -0.15) is 0 Å². The zero-order valence-electron chi connectivity index (χ0n) is 15.4. The SMILES string of the molecule is CC1CCN(C(=O)c2cc3c(s2)CCN(C(=O)c2ccc(Cl)cc2)C3)CC1. The number of nitrogens with zero attached hydrogens (tertiary/aromatic N) is 2. The molecule has 2 amide bonds. The molecule has 0 radical (unpaired) electrons. The number of thiophene rings is 1. The molecule has 1 fully saturated rings. The van der Waals surface area contributed by atoms with Gasteiger partial charge in [0, 0.05) is 41.6 Å². The summed E-state index contributed by atoms with van der Waals surface area (Å²) in [5.41, 5.74) is 1.76. The third-order valence-corrected chi connectivity index (χ3v) is 7.00. The van der Waals surface area contributed by atoms with Gasteiger partial charge >= 0.3 is 0 Å². The van der Waals surface area contributed by atoms with E-state index >= 15 is 0 Å². The highest BCUT2D eigenvalue weighted by Crippen LogP contribution is 2.30. The van der Waals surface area contributed by atoms with Crippen molar-refractivity contribution in [1.82, 2.24) is 9.80 Å². The topological polar surface area (TPSA) is 40.6 Å². The van der Waals surface area contributed by atoms with Crippen LogP contribution in [0.15, 0.2) is 30.3 Å². The van der Waals surface area contributed by atoms with Crippen molar-refractivity contribution < 1.29 is 9.59 Å². The third-order valence-electron chi connectivity index (χ3n) is 5.53. The predicted octanol–water partition coefficient (Wildman–Crippen LogP) is 4.47. The average Bonchev–Trinajstić information content (AvgIpc) is 3.11. The Morgan fingerprint density at radius 2 is 1.74 bits per heavy atom. The molecule has 0 spiro atoms. The molecular formula is C21H23ClN2O2S. The predicted molar refractivity (Wildman–Crippen MR) is 109 cm³/mol. The molecule has 4 nitrogen and oxygen atoms in total. The first-order valence-corrected chi connectivity index (χ1v) is 10.7. The molecule has 3 heterocycles. The molecule has 6 heteroatoms. The van der Waals surface area contributed by atoms with E-state index in [-0.39, 0.29) is 11.8 Å². The number of carbonyl (C=O) groups excluding carboxylic acids is 2. The Labute approximate surface area is 168 Å². The number of hydrogen-bond donors (Lipinski definition) is 0. The Morgan fingerprint density at radius 3 is 2.44 bits per heavy atom. The van der Waals surface area contributed by atoms with Gasteiger partial charge in [-0.1, -0.05) is 18.5 Å². The molecule has 27 heavy (non-hydrogen) atoms. The number of rotatable bonds is 2. The average molecular weight is 403 g/mol. The lowest BCUT2D eigenvalue weighted by Crippen LogP contribution is -2.37. The van der Waals surface area contributed by atoms with Crippen LogP contribution in [0.5, 0.6) is 0 Å². The number of benzene rings is 1. The third kappa shape index (κ3) is 3.90. The molecule has 2 aliphatic heterocycles. The minimum atomic E-state index is 0.0152. The highest BCUT2D eigenvalue weighted by molar-refractivity contribution is 7.14. The second kappa shape index (κ2) is 7.64. The van der Waals surface area contributed by atoms with Gasteiger partial charge in [-0.25, -0.2) is 0 Å². The van der Waals surface area contributed by atoms with Crippen LogP contribution in [0.4, 0.5) is 0 Å². The lowest BCUT2D eigenvalue weighted by Gasteiger charge is -2.29. The zero-order valence-corrected chi connectivity index (χ0v) is 17.0. The minimum absolute atomic E-state index is 0.0152. The Kier molecular flexibility index (Phi) is 5.24. The number of carbonyl (C=O) groups is 2. The summed E-state index contributed by atoms with van der Waals surface area (Å²) >= 11 is 7.52. The Hall–Kier alpha value is -1.85. The summed E-state index contributed by atoms with van der Waals surface area (Å²) < 4.78 is 0. The molecule has 0 aliphatic carbocycles. The van der Waals surface area contributed by atoms with Crippen LogP contribution in [-0.2, 0) is 13.0 Å². The van der Waals surface area contributed by atoms with Gasteiger partial charge in [-0.05, 0) is 61.1 Å². The Balaban J connectivity index is 1.46. The Morgan fingerprint density at radius 1 is 1.04 bits per heavy atom. The van der Waals surface area contributed by atoms with Crippen molar-refractivity contribution in [1.29, 1.82) is 0 Å². The smallest absolute Gasteiger partial charge is 0.263 e. The van der Waals surface area contributed by atoms with Crippen LogP contribution in [0.3, 0.4) is 0 Å². The maximum Gasteiger partial charge on any atom is 0.263 e. The van der Waals surface area contributed by atoms with Crippen molar-refractivity contribution in [3.05, 3.63) is 56.2 Å². The highest BCUT2D eigenvalue weighted by atomic mass is 35.5. The van der Waals surface area contributed by atoms with E-state index in [4.69, 9.17) is 11.6 Å². The van der Waals surface area contributed by atoms with Crippen molar-refractivity contribution in [2.24, 2.45) is 5.92 Å².